The third-order valence-corrected chi connectivity index (χ3v) is 5.23. The summed E-state index contributed by atoms with van der Waals surface area (Å²) in [6, 6.07) is 5.54. The van der Waals surface area contributed by atoms with Gasteiger partial charge in [-0.15, -0.1) is 0 Å². The second-order valence-electron chi connectivity index (χ2n) is 6.56. The van der Waals surface area contributed by atoms with Crippen LogP contribution in [0.5, 0.6) is 0 Å². The minimum atomic E-state index is -0.335. The topological polar surface area (TPSA) is 74.0 Å². The van der Waals surface area contributed by atoms with Crippen molar-refractivity contribution < 1.29 is 4.52 Å². The maximum atomic E-state index is 13.0. The van der Waals surface area contributed by atoms with E-state index in [9.17, 15) is 4.79 Å². The number of aromatic nitrogens is 2. The molecule has 23 heavy (non-hydrogen) atoms. The molecule has 0 aliphatic heterocycles. The van der Waals surface area contributed by atoms with Gasteiger partial charge in [-0.25, -0.2) is 0 Å². The third kappa shape index (κ3) is 2.18. The molecule has 1 aromatic carbocycles. The Bertz CT molecular complexity index is 967. The van der Waals surface area contributed by atoms with E-state index in [-0.39, 0.29) is 11.1 Å². The smallest absolute Gasteiger partial charge is 0.264 e. The molecule has 3 aromatic rings. The lowest BCUT2D eigenvalue weighted by molar-refractivity contribution is 0.374. The van der Waals surface area contributed by atoms with Gasteiger partial charge < -0.3 is 14.8 Å². The van der Waals surface area contributed by atoms with E-state index in [1.807, 2.05) is 12.1 Å². The number of pyridine rings is 1. The van der Waals surface area contributed by atoms with Crippen LogP contribution in [0.2, 0.25) is 5.02 Å². The largest absolute Gasteiger partial charge is 0.360 e. The summed E-state index contributed by atoms with van der Waals surface area (Å²) in [6.07, 6.45) is 4.08. The Morgan fingerprint density at radius 2 is 2.09 bits per heavy atom. The van der Waals surface area contributed by atoms with Crippen molar-refractivity contribution in [1.29, 1.82) is 0 Å². The van der Waals surface area contributed by atoms with Gasteiger partial charge in [0.15, 0.2) is 0 Å². The van der Waals surface area contributed by atoms with Gasteiger partial charge in [-0.1, -0.05) is 35.7 Å². The number of nitrogens with two attached hydrogens (primary N) is 1. The van der Waals surface area contributed by atoms with Gasteiger partial charge >= 0.3 is 0 Å². The molecule has 0 spiro atoms. The highest BCUT2D eigenvalue weighted by molar-refractivity contribution is 6.37. The first kappa shape index (κ1) is 14.7. The van der Waals surface area contributed by atoms with Crippen molar-refractivity contribution in [2.75, 3.05) is 0 Å². The van der Waals surface area contributed by atoms with Crippen LogP contribution in [-0.4, -0.2) is 15.3 Å². The molecule has 0 atom stereocenters. The SMILES string of the molecule is Cc1onc2c1c(=O)n(CC1(N)CCCC1)c1cccc(Cl)c21. The number of aryl methyl sites for hydroxylation is 1. The highest BCUT2D eigenvalue weighted by atomic mass is 35.5. The van der Waals surface area contributed by atoms with Crippen LogP contribution in [0.3, 0.4) is 0 Å². The van der Waals surface area contributed by atoms with Crippen LogP contribution in [-0.2, 0) is 6.54 Å². The van der Waals surface area contributed by atoms with Crippen molar-refractivity contribution in [2.24, 2.45) is 5.73 Å². The molecule has 6 heteroatoms. The van der Waals surface area contributed by atoms with Gasteiger partial charge in [0.05, 0.1) is 10.5 Å². The lowest BCUT2D eigenvalue weighted by Gasteiger charge is -2.25. The lowest BCUT2D eigenvalue weighted by Crippen LogP contribution is -2.43. The average molecular weight is 332 g/mol. The first-order valence-electron chi connectivity index (χ1n) is 7.86. The molecule has 120 valence electrons. The number of hydrogen-bond donors (Lipinski definition) is 1. The molecule has 0 unspecified atom stereocenters. The molecule has 0 amide bonds. The molecule has 4 rings (SSSR count). The van der Waals surface area contributed by atoms with Crippen molar-refractivity contribution in [1.82, 2.24) is 9.72 Å². The summed E-state index contributed by atoms with van der Waals surface area (Å²) in [5, 5.41) is 5.86. The van der Waals surface area contributed by atoms with Crippen molar-refractivity contribution in [2.45, 2.75) is 44.7 Å². The van der Waals surface area contributed by atoms with E-state index in [1.54, 1.807) is 17.6 Å². The molecule has 5 nitrogen and oxygen atoms in total. The predicted octanol–water partition coefficient (Wildman–Crippen LogP) is 3.38. The monoisotopic (exact) mass is 331 g/mol. The maximum absolute atomic E-state index is 13.0. The fourth-order valence-corrected chi connectivity index (χ4v) is 3.98. The zero-order chi connectivity index (χ0) is 16.2. The number of rotatable bonds is 2. The third-order valence-electron chi connectivity index (χ3n) is 4.91. The second-order valence-corrected chi connectivity index (χ2v) is 6.96. The summed E-state index contributed by atoms with van der Waals surface area (Å²) in [6.45, 7) is 2.24. The number of benzene rings is 1. The molecule has 2 aromatic heterocycles. The molecular weight excluding hydrogens is 314 g/mol. The van der Waals surface area contributed by atoms with Gasteiger partial charge in [0.25, 0.3) is 5.56 Å². The predicted molar refractivity (Wildman–Crippen MR) is 90.9 cm³/mol. The van der Waals surface area contributed by atoms with Crippen LogP contribution < -0.4 is 11.3 Å². The maximum Gasteiger partial charge on any atom is 0.264 e. The number of nitrogens with zero attached hydrogens (tertiary/aromatic N) is 2. The molecule has 1 saturated carbocycles. The Balaban J connectivity index is 2.08. The molecule has 1 aliphatic carbocycles. The van der Waals surface area contributed by atoms with Gasteiger partial charge in [-0.2, -0.15) is 0 Å². The summed E-state index contributed by atoms with van der Waals surface area (Å²) < 4.78 is 7.00. The summed E-state index contributed by atoms with van der Waals surface area (Å²) >= 11 is 6.39. The minimum absolute atomic E-state index is 0.106. The lowest BCUT2D eigenvalue weighted by atomic mass is 9.98. The van der Waals surface area contributed by atoms with E-state index in [4.69, 9.17) is 21.9 Å². The van der Waals surface area contributed by atoms with E-state index < -0.39 is 0 Å². The summed E-state index contributed by atoms with van der Waals surface area (Å²) in [5.74, 6) is 0.512. The Kier molecular flexibility index (Phi) is 3.25. The van der Waals surface area contributed by atoms with Crippen LogP contribution in [0.4, 0.5) is 0 Å². The first-order chi connectivity index (χ1) is 11.0. The molecule has 0 saturated heterocycles. The number of hydrogen-bond acceptors (Lipinski definition) is 4. The molecule has 0 radical (unpaired) electrons. The van der Waals surface area contributed by atoms with Gasteiger partial charge in [0.2, 0.25) is 0 Å². The molecule has 2 heterocycles. The highest BCUT2D eigenvalue weighted by Crippen LogP contribution is 2.33. The zero-order valence-electron chi connectivity index (χ0n) is 12.9. The fourth-order valence-electron chi connectivity index (χ4n) is 3.72. The van der Waals surface area contributed by atoms with Crippen LogP contribution in [0.1, 0.15) is 31.4 Å². The van der Waals surface area contributed by atoms with Crippen LogP contribution in [0, 0.1) is 6.92 Å². The molecular formula is C17H18ClN3O2. The zero-order valence-corrected chi connectivity index (χ0v) is 13.7. The van der Waals surface area contributed by atoms with E-state index in [1.165, 1.54) is 0 Å². The normalized spacial score (nSPS) is 17.3. The van der Waals surface area contributed by atoms with Gasteiger partial charge in [-0.05, 0) is 31.9 Å². The van der Waals surface area contributed by atoms with Gasteiger partial charge in [0, 0.05) is 17.5 Å². The standard InChI is InChI=1S/C17H18ClN3O2/c1-10-13-15(20-23-10)14-11(18)5-4-6-12(14)21(16(13)22)9-17(19)7-2-3-8-17/h4-6H,2-3,7-9,19H2,1H3. The summed E-state index contributed by atoms with van der Waals surface area (Å²) in [4.78, 5) is 13.0. The fraction of sp³-hybridized carbons (Fsp3) is 0.412. The summed E-state index contributed by atoms with van der Waals surface area (Å²) in [7, 11) is 0. The van der Waals surface area contributed by atoms with Crippen LogP contribution in [0.15, 0.2) is 27.5 Å². The molecule has 0 bridgehead atoms. The summed E-state index contributed by atoms with van der Waals surface area (Å²) in [5.41, 5.74) is 7.37. The van der Waals surface area contributed by atoms with Crippen molar-refractivity contribution in [3.8, 4) is 0 Å². The molecule has 1 fully saturated rings. The number of fused-ring (bicyclic) bond motifs is 3. The first-order valence-corrected chi connectivity index (χ1v) is 8.24. The average Bonchev–Trinajstić information content (AvgIpc) is 3.10. The molecule has 2 N–H and O–H groups in total. The van der Waals surface area contributed by atoms with E-state index in [0.29, 0.717) is 28.2 Å². The van der Waals surface area contributed by atoms with Crippen LogP contribution in [0.25, 0.3) is 21.8 Å². The van der Waals surface area contributed by atoms with E-state index >= 15 is 0 Å². The Hall–Kier alpha value is -1.85. The van der Waals surface area contributed by atoms with E-state index in [0.717, 1.165) is 36.6 Å². The van der Waals surface area contributed by atoms with Crippen LogP contribution >= 0.6 is 11.6 Å². The van der Waals surface area contributed by atoms with Gasteiger partial charge in [-0.3, -0.25) is 4.79 Å². The Morgan fingerprint density at radius 1 is 1.35 bits per heavy atom. The highest BCUT2D eigenvalue weighted by Gasteiger charge is 2.31. The quantitative estimate of drug-likeness (QED) is 0.781. The minimum Gasteiger partial charge on any atom is -0.360 e. The van der Waals surface area contributed by atoms with Gasteiger partial charge in [0.1, 0.15) is 16.7 Å². The Labute approximate surface area is 138 Å². The Morgan fingerprint density at radius 3 is 2.83 bits per heavy atom. The second kappa shape index (κ2) is 5.08. The number of halogens is 1. The van der Waals surface area contributed by atoms with E-state index in [2.05, 4.69) is 5.16 Å². The molecule has 1 aliphatic rings. The van der Waals surface area contributed by atoms with Crippen molar-refractivity contribution in [3.05, 3.63) is 39.3 Å². The van der Waals surface area contributed by atoms with Crippen molar-refractivity contribution >= 4 is 33.4 Å². The van der Waals surface area contributed by atoms with Crippen molar-refractivity contribution in [3.63, 3.8) is 0 Å².